The minimum absolute atomic E-state index is 0.188. The molecule has 0 heterocycles. The van der Waals surface area contributed by atoms with E-state index >= 15 is 0 Å². The summed E-state index contributed by atoms with van der Waals surface area (Å²) in [4.78, 5) is 11.3. The summed E-state index contributed by atoms with van der Waals surface area (Å²) in [7, 11) is 1.37. The number of nitrogens with one attached hydrogen (secondary N) is 1. The van der Waals surface area contributed by atoms with Crippen molar-refractivity contribution in [2.24, 2.45) is 5.73 Å². The topological polar surface area (TPSA) is 64.3 Å². The lowest BCUT2D eigenvalue weighted by Crippen LogP contribution is -2.34. The zero-order chi connectivity index (χ0) is 12.9. The molecule has 0 aromatic heterocycles. The molecule has 1 aromatic carbocycles. The molecule has 0 saturated carbocycles. The van der Waals surface area contributed by atoms with Gasteiger partial charge in [0.05, 0.1) is 12.7 Å². The van der Waals surface area contributed by atoms with E-state index in [0.717, 1.165) is 18.7 Å². The van der Waals surface area contributed by atoms with Crippen molar-refractivity contribution in [3.05, 3.63) is 29.8 Å². The van der Waals surface area contributed by atoms with E-state index in [2.05, 4.69) is 10.1 Å². The second kappa shape index (κ2) is 5.68. The third kappa shape index (κ3) is 4.87. The molecule has 0 bridgehead atoms. The van der Waals surface area contributed by atoms with Crippen LogP contribution in [0.25, 0.3) is 0 Å². The van der Waals surface area contributed by atoms with Crippen LogP contribution < -0.4 is 11.1 Å². The van der Waals surface area contributed by atoms with Gasteiger partial charge in [0, 0.05) is 17.8 Å². The number of carbonyl (C=O) groups excluding carboxylic acids is 1. The Morgan fingerprint density at radius 1 is 1.47 bits per heavy atom. The highest BCUT2D eigenvalue weighted by molar-refractivity contribution is 5.90. The van der Waals surface area contributed by atoms with Crippen molar-refractivity contribution >= 4 is 11.7 Å². The van der Waals surface area contributed by atoms with Crippen molar-refractivity contribution in [2.75, 3.05) is 19.0 Å². The molecule has 1 aromatic rings. The molecule has 0 unspecified atom stereocenters. The number of ether oxygens (including phenoxy) is 1. The Morgan fingerprint density at radius 2 is 2.18 bits per heavy atom. The van der Waals surface area contributed by atoms with Gasteiger partial charge in [-0.3, -0.25) is 0 Å². The number of nitrogens with two attached hydrogens (primary N) is 1. The fourth-order valence-electron chi connectivity index (χ4n) is 1.40. The number of benzene rings is 1. The Labute approximate surface area is 102 Å². The summed E-state index contributed by atoms with van der Waals surface area (Å²) in [6.45, 7) is 4.74. The minimum atomic E-state index is -0.326. The van der Waals surface area contributed by atoms with Gasteiger partial charge in [0.15, 0.2) is 0 Å². The van der Waals surface area contributed by atoms with Gasteiger partial charge in [-0.05, 0) is 38.5 Å². The lowest BCUT2D eigenvalue weighted by molar-refractivity contribution is 0.0601. The predicted molar refractivity (Wildman–Crippen MR) is 69.2 cm³/mol. The minimum Gasteiger partial charge on any atom is -0.465 e. The van der Waals surface area contributed by atoms with E-state index in [1.807, 2.05) is 26.0 Å². The van der Waals surface area contributed by atoms with Crippen molar-refractivity contribution in [2.45, 2.75) is 25.8 Å². The van der Waals surface area contributed by atoms with Gasteiger partial charge in [-0.15, -0.1) is 0 Å². The van der Waals surface area contributed by atoms with Crippen molar-refractivity contribution in [1.29, 1.82) is 0 Å². The normalized spacial score (nSPS) is 11.1. The lowest BCUT2D eigenvalue weighted by atomic mass is 10.0. The Kier molecular flexibility index (Phi) is 4.52. The number of hydrogen-bond acceptors (Lipinski definition) is 4. The van der Waals surface area contributed by atoms with Gasteiger partial charge in [-0.2, -0.15) is 0 Å². The van der Waals surface area contributed by atoms with E-state index in [1.165, 1.54) is 7.11 Å². The fourth-order valence-corrected chi connectivity index (χ4v) is 1.40. The summed E-state index contributed by atoms with van der Waals surface area (Å²) < 4.78 is 4.66. The van der Waals surface area contributed by atoms with Crippen LogP contribution in [-0.4, -0.2) is 25.2 Å². The molecule has 3 N–H and O–H groups in total. The maximum absolute atomic E-state index is 11.3. The first kappa shape index (κ1) is 13.5. The van der Waals surface area contributed by atoms with Gasteiger partial charge in [0.25, 0.3) is 0 Å². The molecule has 0 aliphatic carbocycles. The Bertz CT molecular complexity index is 383. The van der Waals surface area contributed by atoms with Crippen LogP contribution in [0.2, 0.25) is 0 Å². The molecule has 0 aliphatic heterocycles. The number of rotatable bonds is 5. The number of carbonyl (C=O) groups is 1. The molecular weight excluding hydrogens is 216 g/mol. The predicted octanol–water partition coefficient (Wildman–Crippen LogP) is 2.01. The summed E-state index contributed by atoms with van der Waals surface area (Å²) in [6, 6.07) is 7.23. The summed E-state index contributed by atoms with van der Waals surface area (Å²) in [5.41, 5.74) is 7.14. The highest BCUT2D eigenvalue weighted by atomic mass is 16.5. The Hall–Kier alpha value is -1.55. The molecule has 1 rings (SSSR count). The van der Waals surface area contributed by atoms with Crippen LogP contribution in [0.1, 0.15) is 30.6 Å². The van der Waals surface area contributed by atoms with Crippen LogP contribution in [0.4, 0.5) is 5.69 Å². The molecule has 0 atom stereocenters. The quantitative estimate of drug-likeness (QED) is 0.768. The van der Waals surface area contributed by atoms with Crippen molar-refractivity contribution < 1.29 is 9.53 Å². The molecular formula is C13H20N2O2. The van der Waals surface area contributed by atoms with Crippen LogP contribution in [0, 0.1) is 0 Å². The van der Waals surface area contributed by atoms with Crippen LogP contribution >= 0.6 is 0 Å². The van der Waals surface area contributed by atoms with Crippen molar-refractivity contribution in [3.8, 4) is 0 Å². The van der Waals surface area contributed by atoms with Crippen LogP contribution in [0.15, 0.2) is 24.3 Å². The maximum Gasteiger partial charge on any atom is 0.337 e. The average Bonchev–Trinajstić information content (AvgIpc) is 2.27. The third-order valence-electron chi connectivity index (χ3n) is 2.38. The van der Waals surface area contributed by atoms with E-state index < -0.39 is 0 Å². The standard InChI is InChI=1S/C13H20N2O2/c1-13(2,14)7-8-15-11-6-4-5-10(9-11)12(16)17-3/h4-6,9,15H,7-8,14H2,1-3H3. The maximum atomic E-state index is 11.3. The van der Waals surface area contributed by atoms with E-state index in [9.17, 15) is 4.79 Å². The van der Waals surface area contributed by atoms with Gasteiger partial charge in [0.2, 0.25) is 0 Å². The molecule has 0 spiro atoms. The fraction of sp³-hybridized carbons (Fsp3) is 0.462. The van der Waals surface area contributed by atoms with Crippen molar-refractivity contribution in [3.63, 3.8) is 0 Å². The number of anilines is 1. The number of esters is 1. The molecule has 94 valence electrons. The molecule has 4 heteroatoms. The molecule has 0 amide bonds. The third-order valence-corrected chi connectivity index (χ3v) is 2.38. The molecule has 0 radical (unpaired) electrons. The Morgan fingerprint density at radius 3 is 2.76 bits per heavy atom. The van der Waals surface area contributed by atoms with E-state index in [0.29, 0.717) is 5.56 Å². The molecule has 17 heavy (non-hydrogen) atoms. The van der Waals surface area contributed by atoms with Gasteiger partial charge in [-0.25, -0.2) is 4.79 Å². The highest BCUT2D eigenvalue weighted by Gasteiger charge is 2.10. The van der Waals surface area contributed by atoms with Crippen LogP contribution in [0.3, 0.4) is 0 Å². The first-order valence-electron chi connectivity index (χ1n) is 5.63. The molecule has 4 nitrogen and oxygen atoms in total. The highest BCUT2D eigenvalue weighted by Crippen LogP contribution is 2.12. The number of hydrogen-bond donors (Lipinski definition) is 2. The summed E-state index contributed by atoms with van der Waals surface area (Å²) in [6.07, 6.45) is 0.857. The van der Waals surface area contributed by atoms with Crippen LogP contribution in [0.5, 0.6) is 0 Å². The van der Waals surface area contributed by atoms with Gasteiger partial charge < -0.3 is 15.8 Å². The summed E-state index contributed by atoms with van der Waals surface area (Å²) in [5.74, 6) is -0.326. The second-order valence-corrected chi connectivity index (χ2v) is 4.74. The zero-order valence-corrected chi connectivity index (χ0v) is 10.6. The van der Waals surface area contributed by atoms with E-state index in [-0.39, 0.29) is 11.5 Å². The second-order valence-electron chi connectivity index (χ2n) is 4.74. The monoisotopic (exact) mass is 236 g/mol. The number of methoxy groups -OCH3 is 1. The summed E-state index contributed by atoms with van der Waals surface area (Å²) in [5, 5.41) is 3.23. The van der Waals surface area contributed by atoms with Gasteiger partial charge in [0.1, 0.15) is 0 Å². The Balaban J connectivity index is 2.57. The summed E-state index contributed by atoms with van der Waals surface area (Å²) >= 11 is 0. The van der Waals surface area contributed by atoms with E-state index in [4.69, 9.17) is 5.73 Å². The first-order valence-corrected chi connectivity index (χ1v) is 5.63. The SMILES string of the molecule is COC(=O)c1cccc(NCCC(C)(C)N)c1. The first-order chi connectivity index (χ1) is 7.92. The lowest BCUT2D eigenvalue weighted by Gasteiger charge is -2.18. The smallest absolute Gasteiger partial charge is 0.337 e. The van der Waals surface area contributed by atoms with Gasteiger partial charge >= 0.3 is 5.97 Å². The van der Waals surface area contributed by atoms with E-state index in [1.54, 1.807) is 12.1 Å². The van der Waals surface area contributed by atoms with Crippen LogP contribution in [-0.2, 0) is 4.74 Å². The van der Waals surface area contributed by atoms with Gasteiger partial charge in [-0.1, -0.05) is 6.07 Å². The van der Waals surface area contributed by atoms with Crippen molar-refractivity contribution in [1.82, 2.24) is 0 Å². The average molecular weight is 236 g/mol. The largest absolute Gasteiger partial charge is 0.465 e. The zero-order valence-electron chi connectivity index (χ0n) is 10.6. The molecule has 0 saturated heterocycles. The molecule has 0 fully saturated rings. The molecule has 0 aliphatic rings.